The number of carbonyl (C=O) groups is 2. The molecule has 4 aromatic rings. The Labute approximate surface area is 282 Å². The van der Waals surface area contributed by atoms with E-state index in [1.807, 2.05) is 67.6 Å². The molecule has 0 radical (unpaired) electrons. The Kier molecular flexibility index (Phi) is 10.8. The van der Waals surface area contributed by atoms with Crippen LogP contribution in [0, 0.1) is 12.8 Å². The first-order valence-electron chi connectivity index (χ1n) is 16.8. The SMILES string of the molecule is Cc1ccc(Oc2ccc(OCC3CCN(C(=O)Oc4ccc(NC(=O)c5ccc(CN6CCCCC6C)cc5)cn4)CC3)cc2)nc1. The lowest BCUT2D eigenvalue weighted by atomic mass is 9.98. The van der Waals surface area contributed by atoms with E-state index in [1.165, 1.54) is 31.0 Å². The predicted molar refractivity (Wildman–Crippen MR) is 184 cm³/mol. The summed E-state index contributed by atoms with van der Waals surface area (Å²) >= 11 is 0. The molecule has 1 atom stereocenters. The Morgan fingerprint density at radius 3 is 2.23 bits per heavy atom. The van der Waals surface area contributed by atoms with Gasteiger partial charge in [0.1, 0.15) is 11.5 Å². The molecule has 48 heavy (non-hydrogen) atoms. The second kappa shape index (κ2) is 15.8. The molecule has 0 aliphatic carbocycles. The third-order valence-electron chi connectivity index (χ3n) is 9.02. The van der Waals surface area contributed by atoms with Gasteiger partial charge < -0.3 is 24.4 Å². The largest absolute Gasteiger partial charge is 0.493 e. The molecule has 2 saturated heterocycles. The van der Waals surface area contributed by atoms with Crippen molar-refractivity contribution in [2.24, 2.45) is 5.92 Å². The zero-order chi connectivity index (χ0) is 33.3. The molecule has 6 rings (SSSR count). The van der Waals surface area contributed by atoms with Crippen LogP contribution in [-0.4, -0.2) is 64.1 Å². The molecule has 2 fully saturated rings. The third kappa shape index (κ3) is 9.10. The number of rotatable bonds is 10. The fraction of sp³-hybridized carbons (Fsp3) is 0.368. The summed E-state index contributed by atoms with van der Waals surface area (Å²) in [6, 6.07) is 22.9. The predicted octanol–water partition coefficient (Wildman–Crippen LogP) is 7.49. The summed E-state index contributed by atoms with van der Waals surface area (Å²) in [4.78, 5) is 38.3. The highest BCUT2D eigenvalue weighted by Gasteiger charge is 2.25. The maximum atomic E-state index is 12.8. The number of piperidine rings is 2. The molecule has 1 unspecified atom stereocenters. The Balaban J connectivity index is 0.897. The second-order valence-electron chi connectivity index (χ2n) is 12.7. The number of ether oxygens (including phenoxy) is 3. The van der Waals surface area contributed by atoms with Crippen LogP contribution in [-0.2, 0) is 6.54 Å². The highest BCUT2D eigenvalue weighted by Crippen LogP contribution is 2.25. The summed E-state index contributed by atoms with van der Waals surface area (Å²) in [6.07, 6.45) is 8.24. The fourth-order valence-electron chi connectivity index (χ4n) is 6.00. The molecular weight excluding hydrogens is 606 g/mol. The lowest BCUT2D eigenvalue weighted by Gasteiger charge is -2.33. The highest BCUT2D eigenvalue weighted by molar-refractivity contribution is 6.04. The van der Waals surface area contributed by atoms with Crippen LogP contribution in [0.25, 0.3) is 0 Å². The lowest BCUT2D eigenvalue weighted by molar-refractivity contribution is 0.102. The summed E-state index contributed by atoms with van der Waals surface area (Å²) in [7, 11) is 0. The number of pyridine rings is 2. The van der Waals surface area contributed by atoms with Gasteiger partial charge in [0.2, 0.25) is 11.8 Å². The van der Waals surface area contributed by atoms with E-state index in [2.05, 4.69) is 27.1 Å². The Morgan fingerprint density at radius 1 is 0.812 bits per heavy atom. The quantitative estimate of drug-likeness (QED) is 0.188. The standard InChI is InChI=1S/C38H43N5O5/c1-27-6-16-35(39-23-27)47-34-14-12-33(13-15-34)46-26-30-18-21-42(22-19-30)38(45)48-36-17-11-32(24-40-36)41-37(44)31-9-7-29(8-10-31)25-43-20-4-3-5-28(43)2/h6-17,23-24,28,30H,3-5,18-22,25-26H2,1-2H3,(H,41,44). The van der Waals surface area contributed by atoms with E-state index in [-0.39, 0.29) is 11.8 Å². The second-order valence-corrected chi connectivity index (χ2v) is 12.7. The normalized spacial score (nSPS) is 17.0. The summed E-state index contributed by atoms with van der Waals surface area (Å²) in [5.41, 5.74) is 3.39. The third-order valence-corrected chi connectivity index (χ3v) is 9.02. The highest BCUT2D eigenvalue weighted by atomic mass is 16.6. The molecule has 10 heteroatoms. The number of carbonyl (C=O) groups excluding carboxylic acids is 2. The van der Waals surface area contributed by atoms with E-state index in [0.29, 0.717) is 54.5 Å². The lowest BCUT2D eigenvalue weighted by Crippen LogP contribution is -2.41. The molecule has 250 valence electrons. The number of amides is 2. The van der Waals surface area contributed by atoms with E-state index in [0.717, 1.165) is 37.2 Å². The number of hydrogen-bond donors (Lipinski definition) is 1. The zero-order valence-electron chi connectivity index (χ0n) is 27.6. The van der Waals surface area contributed by atoms with E-state index >= 15 is 0 Å². The van der Waals surface area contributed by atoms with Crippen molar-refractivity contribution in [3.8, 4) is 23.3 Å². The van der Waals surface area contributed by atoms with Crippen molar-refractivity contribution in [3.63, 3.8) is 0 Å². The summed E-state index contributed by atoms with van der Waals surface area (Å²) in [5.74, 6) is 2.31. The molecular formula is C38H43N5O5. The van der Waals surface area contributed by atoms with Gasteiger partial charge in [0.15, 0.2) is 0 Å². The topological polar surface area (TPSA) is 106 Å². The molecule has 0 bridgehead atoms. The van der Waals surface area contributed by atoms with Gasteiger partial charge in [0.25, 0.3) is 5.91 Å². The van der Waals surface area contributed by atoms with Crippen LogP contribution in [0.3, 0.4) is 0 Å². The molecule has 4 heterocycles. The minimum absolute atomic E-state index is 0.185. The van der Waals surface area contributed by atoms with E-state index in [4.69, 9.17) is 14.2 Å². The van der Waals surface area contributed by atoms with Gasteiger partial charge in [-0.3, -0.25) is 9.69 Å². The minimum atomic E-state index is -0.434. The Hall–Kier alpha value is -4.96. The van der Waals surface area contributed by atoms with Gasteiger partial charge in [-0.25, -0.2) is 14.8 Å². The van der Waals surface area contributed by atoms with Gasteiger partial charge >= 0.3 is 6.09 Å². The average molecular weight is 650 g/mol. The molecule has 2 aromatic carbocycles. The van der Waals surface area contributed by atoms with Crippen molar-refractivity contribution < 1.29 is 23.8 Å². The fourth-order valence-corrected chi connectivity index (χ4v) is 6.00. The van der Waals surface area contributed by atoms with Crippen LogP contribution < -0.4 is 19.5 Å². The molecule has 1 N–H and O–H groups in total. The van der Waals surface area contributed by atoms with Crippen LogP contribution in [0.15, 0.2) is 85.2 Å². The first-order valence-corrected chi connectivity index (χ1v) is 16.8. The zero-order valence-corrected chi connectivity index (χ0v) is 27.6. The number of likely N-dealkylation sites (tertiary alicyclic amines) is 2. The number of nitrogens with one attached hydrogen (secondary N) is 1. The van der Waals surface area contributed by atoms with Crippen molar-refractivity contribution in [3.05, 3.63) is 102 Å². The van der Waals surface area contributed by atoms with Crippen molar-refractivity contribution in [1.29, 1.82) is 0 Å². The van der Waals surface area contributed by atoms with Crippen LogP contribution >= 0.6 is 0 Å². The van der Waals surface area contributed by atoms with Crippen LogP contribution in [0.4, 0.5) is 10.5 Å². The number of hydrogen-bond acceptors (Lipinski definition) is 8. The maximum Gasteiger partial charge on any atom is 0.416 e. The summed E-state index contributed by atoms with van der Waals surface area (Å²) in [6.45, 7) is 8.01. The first-order chi connectivity index (χ1) is 23.4. The van der Waals surface area contributed by atoms with Crippen LogP contribution in [0.5, 0.6) is 23.3 Å². The maximum absolute atomic E-state index is 12.8. The number of aromatic nitrogens is 2. The molecule has 0 spiro atoms. The van der Waals surface area contributed by atoms with E-state index < -0.39 is 6.09 Å². The van der Waals surface area contributed by atoms with E-state index in [9.17, 15) is 9.59 Å². The molecule has 2 aliphatic rings. The smallest absolute Gasteiger partial charge is 0.416 e. The number of benzene rings is 2. The summed E-state index contributed by atoms with van der Waals surface area (Å²) in [5, 5.41) is 2.87. The number of nitrogens with zero attached hydrogens (tertiary/aromatic N) is 4. The molecule has 10 nitrogen and oxygen atoms in total. The van der Waals surface area contributed by atoms with Crippen LogP contribution in [0.1, 0.15) is 60.5 Å². The van der Waals surface area contributed by atoms with E-state index in [1.54, 1.807) is 23.2 Å². The minimum Gasteiger partial charge on any atom is -0.493 e. The summed E-state index contributed by atoms with van der Waals surface area (Å²) < 4.78 is 17.3. The van der Waals surface area contributed by atoms with Gasteiger partial charge in [-0.2, -0.15) is 0 Å². The molecule has 0 saturated carbocycles. The Bertz CT molecular complexity index is 1640. The van der Waals surface area contributed by atoms with Gasteiger partial charge in [0.05, 0.1) is 18.5 Å². The first kappa shape index (κ1) is 33.0. The molecule has 2 aromatic heterocycles. The number of anilines is 1. The van der Waals surface area contributed by atoms with Gasteiger partial charge in [-0.05, 0) is 106 Å². The van der Waals surface area contributed by atoms with Gasteiger partial charge in [-0.1, -0.05) is 24.6 Å². The molecule has 2 aliphatic heterocycles. The van der Waals surface area contributed by atoms with Crippen LogP contribution in [0.2, 0.25) is 0 Å². The van der Waals surface area contributed by atoms with Crippen molar-refractivity contribution in [1.82, 2.24) is 19.8 Å². The monoisotopic (exact) mass is 649 g/mol. The average Bonchev–Trinajstić information content (AvgIpc) is 3.11. The van der Waals surface area contributed by atoms with Gasteiger partial charge in [0, 0.05) is 49.6 Å². The van der Waals surface area contributed by atoms with Gasteiger partial charge in [-0.15, -0.1) is 0 Å². The Morgan fingerprint density at radius 2 is 1.54 bits per heavy atom. The number of aryl methyl sites for hydroxylation is 1. The van der Waals surface area contributed by atoms with Crippen molar-refractivity contribution in [2.45, 2.75) is 58.5 Å². The molecule has 2 amide bonds. The van der Waals surface area contributed by atoms with Crippen molar-refractivity contribution in [2.75, 3.05) is 31.6 Å². The van der Waals surface area contributed by atoms with Crippen molar-refractivity contribution >= 4 is 17.7 Å².